The standard InChI is InChI=1S/C27H26F3N3O5/c28-27(29,30)37-22-6-2-1-4-19(22)24-20(25(38-32-24)15-8-9-15)14-36-18-12-16-10-11-17(13-18)33(16)23-7-3-5-21(31-23)26(34)35/h1-7,15-18H,8-14H2,(H,34,35)/t16-,17+,18+. The van der Waals surface area contributed by atoms with Gasteiger partial charge >= 0.3 is 12.3 Å². The summed E-state index contributed by atoms with van der Waals surface area (Å²) in [5.74, 6) is 0.123. The molecule has 38 heavy (non-hydrogen) atoms. The van der Waals surface area contributed by atoms with Crippen molar-refractivity contribution in [1.82, 2.24) is 10.1 Å². The number of para-hydroxylation sites is 1. The zero-order valence-electron chi connectivity index (χ0n) is 20.4. The van der Waals surface area contributed by atoms with E-state index < -0.39 is 12.3 Å². The van der Waals surface area contributed by atoms with Crippen molar-refractivity contribution >= 4 is 11.8 Å². The summed E-state index contributed by atoms with van der Waals surface area (Å²) in [7, 11) is 0. The number of halogens is 3. The number of ether oxygens (including phenoxy) is 2. The number of rotatable bonds is 8. The van der Waals surface area contributed by atoms with Crippen LogP contribution in [-0.4, -0.2) is 45.8 Å². The molecule has 3 atom stereocenters. The summed E-state index contributed by atoms with van der Waals surface area (Å²) < 4.78 is 55.4. The van der Waals surface area contributed by atoms with Crippen LogP contribution in [0.15, 0.2) is 47.0 Å². The van der Waals surface area contributed by atoms with Gasteiger partial charge in [-0.1, -0.05) is 23.4 Å². The Hall–Kier alpha value is -3.60. The maximum absolute atomic E-state index is 13.0. The van der Waals surface area contributed by atoms with Crippen LogP contribution in [0.4, 0.5) is 19.0 Å². The molecule has 200 valence electrons. The molecule has 11 heteroatoms. The summed E-state index contributed by atoms with van der Waals surface area (Å²) in [6, 6.07) is 11.3. The third-order valence-electron chi connectivity index (χ3n) is 7.51. The molecule has 0 spiro atoms. The third kappa shape index (κ3) is 4.94. The van der Waals surface area contributed by atoms with Gasteiger partial charge < -0.3 is 24.0 Å². The van der Waals surface area contributed by atoms with Gasteiger partial charge in [-0.05, 0) is 62.8 Å². The largest absolute Gasteiger partial charge is 0.573 e. The van der Waals surface area contributed by atoms with Gasteiger partial charge in [0.05, 0.1) is 12.7 Å². The van der Waals surface area contributed by atoms with Gasteiger partial charge in [-0.2, -0.15) is 0 Å². The zero-order valence-corrected chi connectivity index (χ0v) is 20.4. The van der Waals surface area contributed by atoms with Crippen molar-refractivity contribution in [2.45, 2.75) is 75.6 Å². The van der Waals surface area contributed by atoms with Gasteiger partial charge in [-0.15, -0.1) is 13.2 Å². The summed E-state index contributed by atoms with van der Waals surface area (Å²) in [5, 5.41) is 13.5. The third-order valence-corrected chi connectivity index (χ3v) is 7.51. The van der Waals surface area contributed by atoms with E-state index in [2.05, 4.69) is 19.8 Å². The first kappa shape index (κ1) is 24.7. The number of alkyl halides is 3. The molecular formula is C27H26F3N3O5. The predicted octanol–water partition coefficient (Wildman–Crippen LogP) is 5.93. The number of pyridine rings is 1. The van der Waals surface area contributed by atoms with Gasteiger partial charge in [0, 0.05) is 29.1 Å². The Kier molecular flexibility index (Phi) is 6.25. The predicted molar refractivity (Wildman–Crippen MR) is 129 cm³/mol. The molecule has 0 unspecified atom stereocenters. The quantitative estimate of drug-likeness (QED) is 0.384. The lowest BCUT2D eigenvalue weighted by Crippen LogP contribution is -2.46. The molecule has 1 saturated carbocycles. The van der Waals surface area contributed by atoms with Gasteiger partial charge in [0.15, 0.2) is 5.69 Å². The lowest BCUT2D eigenvalue weighted by Gasteiger charge is -2.39. The van der Waals surface area contributed by atoms with E-state index >= 15 is 0 Å². The van der Waals surface area contributed by atoms with Crippen LogP contribution in [-0.2, 0) is 11.3 Å². The number of nitrogens with zero attached hydrogens (tertiary/aromatic N) is 3. The Morgan fingerprint density at radius 2 is 1.79 bits per heavy atom. The molecule has 0 amide bonds. The van der Waals surface area contributed by atoms with E-state index in [1.54, 1.807) is 12.1 Å². The van der Waals surface area contributed by atoms with Crippen molar-refractivity contribution in [3.63, 3.8) is 0 Å². The highest BCUT2D eigenvalue weighted by atomic mass is 19.4. The smallest absolute Gasteiger partial charge is 0.477 e. The van der Waals surface area contributed by atoms with Gasteiger partial charge in [0.2, 0.25) is 0 Å². The fourth-order valence-corrected chi connectivity index (χ4v) is 5.74. The molecule has 3 fully saturated rings. The SMILES string of the molecule is O=C(O)c1cccc(N2[C@@H]3CC[C@H]2C[C@@H](OCc2c(-c4ccccc4OC(F)(F)F)noc2C2CC2)C3)n1. The summed E-state index contributed by atoms with van der Waals surface area (Å²) >= 11 is 0. The molecule has 2 bridgehead atoms. The highest BCUT2D eigenvalue weighted by molar-refractivity contribution is 5.85. The second kappa shape index (κ2) is 9.61. The van der Waals surface area contributed by atoms with Crippen molar-refractivity contribution in [2.24, 2.45) is 0 Å². The van der Waals surface area contributed by atoms with Crippen LogP contribution in [0.2, 0.25) is 0 Å². The van der Waals surface area contributed by atoms with E-state index in [9.17, 15) is 23.1 Å². The fraction of sp³-hybridized carbons (Fsp3) is 0.444. The molecule has 8 nitrogen and oxygen atoms in total. The van der Waals surface area contributed by atoms with E-state index in [1.165, 1.54) is 24.3 Å². The number of anilines is 1. The number of aromatic carboxylic acids is 1. The van der Waals surface area contributed by atoms with E-state index in [0.29, 0.717) is 22.8 Å². The van der Waals surface area contributed by atoms with Gasteiger partial charge in [0.1, 0.15) is 23.0 Å². The van der Waals surface area contributed by atoms with Crippen molar-refractivity contribution in [3.8, 4) is 17.0 Å². The highest BCUT2D eigenvalue weighted by Gasteiger charge is 2.42. The first-order valence-corrected chi connectivity index (χ1v) is 12.7. The minimum Gasteiger partial charge on any atom is -0.477 e. The van der Waals surface area contributed by atoms with Crippen LogP contribution in [0.3, 0.4) is 0 Å². The van der Waals surface area contributed by atoms with Crippen molar-refractivity contribution in [3.05, 3.63) is 59.5 Å². The van der Waals surface area contributed by atoms with Crippen LogP contribution in [0.1, 0.15) is 66.3 Å². The van der Waals surface area contributed by atoms with Gasteiger partial charge in [0.25, 0.3) is 0 Å². The highest BCUT2D eigenvalue weighted by Crippen LogP contribution is 2.46. The number of fused-ring (bicyclic) bond motifs is 2. The molecule has 1 N–H and O–H groups in total. The Balaban J connectivity index is 1.20. The van der Waals surface area contributed by atoms with E-state index in [-0.39, 0.29) is 47.7 Å². The zero-order chi connectivity index (χ0) is 26.4. The van der Waals surface area contributed by atoms with Crippen LogP contribution >= 0.6 is 0 Å². The Morgan fingerprint density at radius 3 is 2.47 bits per heavy atom. The molecule has 1 aliphatic carbocycles. The van der Waals surface area contributed by atoms with Crippen molar-refractivity contribution in [1.29, 1.82) is 0 Å². The second-order valence-electron chi connectivity index (χ2n) is 10.1. The number of hydrogen-bond donors (Lipinski definition) is 1. The Morgan fingerprint density at radius 1 is 1.05 bits per heavy atom. The number of carboxylic acids is 1. The van der Waals surface area contributed by atoms with E-state index in [0.717, 1.165) is 38.5 Å². The van der Waals surface area contributed by atoms with E-state index in [1.807, 2.05) is 6.07 Å². The Labute approximate surface area is 216 Å². The van der Waals surface area contributed by atoms with Crippen LogP contribution < -0.4 is 9.64 Å². The molecule has 0 radical (unpaired) electrons. The number of benzene rings is 1. The summed E-state index contributed by atoms with van der Waals surface area (Å²) in [5.41, 5.74) is 1.19. The molecular weight excluding hydrogens is 503 g/mol. The maximum atomic E-state index is 13.0. The number of piperidine rings is 1. The first-order chi connectivity index (χ1) is 18.3. The average Bonchev–Trinajstić information content (AvgIpc) is 3.58. The number of aromatic nitrogens is 2. The van der Waals surface area contributed by atoms with Crippen molar-refractivity contribution in [2.75, 3.05) is 4.90 Å². The molecule has 2 saturated heterocycles. The van der Waals surface area contributed by atoms with E-state index in [4.69, 9.17) is 9.26 Å². The number of carboxylic acid groups (broad SMARTS) is 1. The molecule has 2 aliphatic heterocycles. The normalized spacial score (nSPS) is 23.0. The lowest BCUT2D eigenvalue weighted by molar-refractivity contribution is -0.274. The minimum atomic E-state index is -4.83. The minimum absolute atomic E-state index is 0.0163. The molecule has 3 aliphatic rings. The number of hydrogen-bond acceptors (Lipinski definition) is 7. The molecule has 6 rings (SSSR count). The summed E-state index contributed by atoms with van der Waals surface area (Å²) in [6.45, 7) is 0.169. The molecule has 4 heterocycles. The van der Waals surface area contributed by atoms with Crippen molar-refractivity contribution < 1.29 is 37.1 Å². The Bertz CT molecular complexity index is 1330. The average molecular weight is 530 g/mol. The topological polar surface area (TPSA) is 97.9 Å². The second-order valence-corrected chi connectivity index (χ2v) is 10.1. The van der Waals surface area contributed by atoms with Crippen LogP contribution in [0, 0.1) is 0 Å². The molecule has 1 aromatic carbocycles. The summed E-state index contributed by atoms with van der Waals surface area (Å²) in [6.07, 6.45) is 0.366. The van der Waals surface area contributed by atoms with Gasteiger partial charge in [-0.3, -0.25) is 0 Å². The lowest BCUT2D eigenvalue weighted by atomic mass is 9.99. The molecule has 2 aromatic heterocycles. The first-order valence-electron chi connectivity index (χ1n) is 12.7. The number of carbonyl (C=O) groups is 1. The maximum Gasteiger partial charge on any atom is 0.573 e. The monoisotopic (exact) mass is 529 g/mol. The van der Waals surface area contributed by atoms with Gasteiger partial charge in [-0.25, -0.2) is 9.78 Å². The fourth-order valence-electron chi connectivity index (χ4n) is 5.74. The van der Waals surface area contributed by atoms with Crippen LogP contribution in [0.5, 0.6) is 5.75 Å². The summed E-state index contributed by atoms with van der Waals surface area (Å²) in [4.78, 5) is 17.9. The molecule has 3 aromatic rings. The van der Waals surface area contributed by atoms with Crippen LogP contribution in [0.25, 0.3) is 11.3 Å².